The minimum atomic E-state index is -0.426. The van der Waals surface area contributed by atoms with Crippen molar-refractivity contribution in [3.05, 3.63) is 50.0 Å². The molecule has 0 unspecified atom stereocenters. The second-order valence-corrected chi connectivity index (χ2v) is 5.41. The van der Waals surface area contributed by atoms with E-state index in [1.165, 1.54) is 11.3 Å². The summed E-state index contributed by atoms with van der Waals surface area (Å²) in [5, 5.41) is 13.8. The predicted octanol–water partition coefficient (Wildman–Crippen LogP) is 3.65. The summed E-state index contributed by atoms with van der Waals surface area (Å²) in [7, 11) is 1.62. The fraction of sp³-hybridized carbons (Fsp3) is 0.357. The molecule has 0 aliphatic carbocycles. The number of methoxy groups -OCH3 is 1. The van der Waals surface area contributed by atoms with E-state index in [-0.39, 0.29) is 24.1 Å². The number of para-hydroxylation sites is 1. The maximum absolute atomic E-state index is 11.1. The lowest BCUT2D eigenvalue weighted by Gasteiger charge is -2.07. The molecule has 0 saturated heterocycles. The monoisotopic (exact) mass is 308 g/mol. The van der Waals surface area contributed by atoms with E-state index in [4.69, 9.17) is 9.47 Å². The summed E-state index contributed by atoms with van der Waals surface area (Å²) in [5.41, 5.74) is 1.30. The maximum atomic E-state index is 11.1. The van der Waals surface area contributed by atoms with Gasteiger partial charge >= 0.3 is 5.69 Å². The number of nitro benzene ring substituents is 1. The van der Waals surface area contributed by atoms with Crippen molar-refractivity contribution in [1.29, 1.82) is 0 Å². The van der Waals surface area contributed by atoms with Gasteiger partial charge in [0.05, 0.1) is 10.6 Å². The first-order valence-electron chi connectivity index (χ1n) is 6.36. The summed E-state index contributed by atoms with van der Waals surface area (Å²) in [6.07, 6.45) is -0.0722. The van der Waals surface area contributed by atoms with Crippen LogP contribution in [0.25, 0.3) is 0 Å². The van der Waals surface area contributed by atoms with Gasteiger partial charge in [0.15, 0.2) is 5.75 Å². The van der Waals surface area contributed by atoms with E-state index < -0.39 is 4.92 Å². The van der Waals surface area contributed by atoms with Crippen LogP contribution < -0.4 is 4.74 Å². The zero-order valence-electron chi connectivity index (χ0n) is 12.0. The highest BCUT2D eigenvalue weighted by Crippen LogP contribution is 2.31. The van der Waals surface area contributed by atoms with Gasteiger partial charge in [-0.2, -0.15) is 0 Å². The average Bonchev–Trinajstić information content (AvgIpc) is 2.92. The molecule has 6 nitrogen and oxygen atoms in total. The van der Waals surface area contributed by atoms with Gasteiger partial charge in [-0.15, -0.1) is 11.3 Å². The van der Waals surface area contributed by atoms with Gasteiger partial charge in [-0.3, -0.25) is 10.1 Å². The summed E-state index contributed by atoms with van der Waals surface area (Å²) in [6.45, 7) is 3.79. The fourth-order valence-electron chi connectivity index (χ4n) is 1.81. The Hall–Kier alpha value is -1.99. The van der Waals surface area contributed by atoms with Crippen molar-refractivity contribution in [3.8, 4) is 5.75 Å². The molecule has 21 heavy (non-hydrogen) atoms. The molecule has 2 rings (SSSR count). The number of aromatic nitrogens is 1. The van der Waals surface area contributed by atoms with Crippen LogP contribution in [-0.4, -0.2) is 17.0 Å². The molecule has 0 saturated carbocycles. The number of ether oxygens (including phenoxy) is 2. The first-order valence-corrected chi connectivity index (χ1v) is 7.24. The molecule has 0 fully saturated rings. The van der Waals surface area contributed by atoms with Crippen LogP contribution in [0.2, 0.25) is 0 Å². The molecule has 1 aromatic carbocycles. The zero-order valence-corrected chi connectivity index (χ0v) is 12.8. The topological polar surface area (TPSA) is 74.5 Å². The summed E-state index contributed by atoms with van der Waals surface area (Å²) in [4.78, 5) is 15.0. The van der Waals surface area contributed by atoms with E-state index in [1.807, 2.05) is 12.3 Å². The SMILES string of the molecule is CO[C@H](C)c1nc(COc2cccc(C)c2[N+](=O)[O-])cs1. The molecule has 0 spiro atoms. The second kappa shape index (κ2) is 6.64. The first kappa shape index (κ1) is 15.4. The third-order valence-electron chi connectivity index (χ3n) is 3.03. The molecule has 0 aliphatic heterocycles. The number of hydrogen-bond donors (Lipinski definition) is 0. The van der Waals surface area contributed by atoms with E-state index in [2.05, 4.69) is 4.98 Å². The Morgan fingerprint density at radius 1 is 1.48 bits per heavy atom. The van der Waals surface area contributed by atoms with Crippen molar-refractivity contribution in [2.75, 3.05) is 7.11 Å². The van der Waals surface area contributed by atoms with Gasteiger partial charge in [0.1, 0.15) is 17.7 Å². The van der Waals surface area contributed by atoms with Gasteiger partial charge < -0.3 is 9.47 Å². The Morgan fingerprint density at radius 2 is 2.24 bits per heavy atom. The van der Waals surface area contributed by atoms with Crippen molar-refractivity contribution in [2.45, 2.75) is 26.6 Å². The molecule has 1 aromatic heterocycles. The molecule has 0 radical (unpaired) electrons. The van der Waals surface area contributed by atoms with Crippen molar-refractivity contribution >= 4 is 17.0 Å². The number of benzene rings is 1. The Bertz CT molecular complexity index is 642. The van der Waals surface area contributed by atoms with E-state index in [1.54, 1.807) is 32.2 Å². The van der Waals surface area contributed by atoms with E-state index >= 15 is 0 Å². The Kier molecular flexibility index (Phi) is 4.87. The predicted molar refractivity (Wildman–Crippen MR) is 79.7 cm³/mol. The van der Waals surface area contributed by atoms with Crippen molar-refractivity contribution in [1.82, 2.24) is 4.98 Å². The second-order valence-electron chi connectivity index (χ2n) is 4.52. The Labute approximate surface area is 126 Å². The van der Waals surface area contributed by atoms with Crippen LogP contribution in [0.4, 0.5) is 5.69 Å². The van der Waals surface area contributed by atoms with Crippen LogP contribution in [0.15, 0.2) is 23.6 Å². The molecule has 0 bridgehead atoms. The van der Waals surface area contributed by atoms with Crippen LogP contribution in [0.1, 0.15) is 29.3 Å². The van der Waals surface area contributed by atoms with Gasteiger partial charge in [0.2, 0.25) is 0 Å². The lowest BCUT2D eigenvalue weighted by molar-refractivity contribution is -0.386. The number of nitro groups is 1. The van der Waals surface area contributed by atoms with Gasteiger partial charge in [0.25, 0.3) is 0 Å². The smallest absolute Gasteiger partial charge is 0.313 e. The van der Waals surface area contributed by atoms with E-state index in [9.17, 15) is 10.1 Å². The summed E-state index contributed by atoms with van der Waals surface area (Å²) in [5.74, 6) is 0.259. The molecule has 7 heteroatoms. The standard InChI is InChI=1S/C14H16N2O4S/c1-9-5-4-6-12(13(9)16(17)18)20-7-11-8-21-14(15-11)10(2)19-3/h4-6,8,10H,7H2,1-3H3/t10-/m1/s1. The molecule has 1 atom stereocenters. The largest absolute Gasteiger partial charge is 0.480 e. The molecule has 0 amide bonds. The maximum Gasteiger partial charge on any atom is 0.313 e. The highest BCUT2D eigenvalue weighted by Gasteiger charge is 2.18. The third-order valence-corrected chi connectivity index (χ3v) is 4.08. The fourth-order valence-corrected chi connectivity index (χ4v) is 2.65. The Balaban J connectivity index is 2.12. The van der Waals surface area contributed by atoms with Crippen molar-refractivity contribution in [3.63, 3.8) is 0 Å². The summed E-state index contributed by atoms with van der Waals surface area (Å²) in [6, 6.07) is 5.01. The summed E-state index contributed by atoms with van der Waals surface area (Å²) >= 11 is 1.48. The van der Waals surface area contributed by atoms with Gasteiger partial charge in [-0.1, -0.05) is 12.1 Å². The Morgan fingerprint density at radius 3 is 2.90 bits per heavy atom. The zero-order chi connectivity index (χ0) is 15.4. The lowest BCUT2D eigenvalue weighted by Crippen LogP contribution is -2.01. The number of hydrogen-bond acceptors (Lipinski definition) is 6. The van der Waals surface area contributed by atoms with E-state index in [0.717, 1.165) is 10.7 Å². The van der Waals surface area contributed by atoms with Crippen molar-refractivity contribution in [2.24, 2.45) is 0 Å². The normalized spacial score (nSPS) is 12.1. The van der Waals surface area contributed by atoms with Gasteiger partial charge in [0, 0.05) is 18.1 Å². The summed E-state index contributed by atoms with van der Waals surface area (Å²) < 4.78 is 10.8. The van der Waals surface area contributed by atoms with Crippen LogP contribution in [0.3, 0.4) is 0 Å². The molecule has 2 aromatic rings. The molecule has 112 valence electrons. The number of aryl methyl sites for hydroxylation is 1. The molecular formula is C14H16N2O4S. The average molecular weight is 308 g/mol. The minimum Gasteiger partial charge on any atom is -0.480 e. The lowest BCUT2D eigenvalue weighted by atomic mass is 10.2. The van der Waals surface area contributed by atoms with Crippen molar-refractivity contribution < 1.29 is 14.4 Å². The molecule has 1 heterocycles. The first-order chi connectivity index (χ1) is 10.0. The minimum absolute atomic E-state index is 0.00165. The van der Waals surface area contributed by atoms with Crippen LogP contribution >= 0.6 is 11.3 Å². The highest BCUT2D eigenvalue weighted by molar-refractivity contribution is 7.09. The van der Waals surface area contributed by atoms with Crippen LogP contribution in [0, 0.1) is 17.0 Å². The van der Waals surface area contributed by atoms with Gasteiger partial charge in [-0.25, -0.2) is 4.98 Å². The quantitative estimate of drug-likeness (QED) is 0.601. The van der Waals surface area contributed by atoms with E-state index in [0.29, 0.717) is 5.56 Å². The number of nitrogens with zero attached hydrogens (tertiary/aromatic N) is 2. The number of thiazole rings is 1. The van der Waals surface area contributed by atoms with Crippen LogP contribution in [0.5, 0.6) is 5.75 Å². The molecule has 0 N–H and O–H groups in total. The molecule has 0 aliphatic rings. The molecular weight excluding hydrogens is 292 g/mol. The van der Waals surface area contributed by atoms with Crippen LogP contribution in [-0.2, 0) is 11.3 Å². The highest BCUT2D eigenvalue weighted by atomic mass is 32.1. The number of rotatable bonds is 6. The van der Waals surface area contributed by atoms with Gasteiger partial charge in [-0.05, 0) is 19.9 Å². The third kappa shape index (κ3) is 3.56.